The van der Waals surface area contributed by atoms with Gasteiger partial charge in [0.15, 0.2) is 0 Å². The van der Waals surface area contributed by atoms with Crippen LogP contribution in [0.25, 0.3) is 0 Å². The predicted molar refractivity (Wildman–Crippen MR) is 97.9 cm³/mol. The number of hydrogen-bond donors (Lipinski definition) is 1. The highest BCUT2D eigenvalue weighted by atomic mass is 32.1. The van der Waals surface area contributed by atoms with Crippen LogP contribution in [0.2, 0.25) is 0 Å². The standard InChI is InChI=1S/C20H17F2NO2S/c1-13-7-9-14(10-8-13)18(17-6-3-11-26-17)23-19(24)15-4-2-5-16(12-15)25-20(21)22/h2-12,18,20H,1H3,(H,23,24)/t18-/m0/s1. The van der Waals surface area contributed by atoms with E-state index < -0.39 is 6.61 Å². The number of benzene rings is 2. The predicted octanol–water partition coefficient (Wildman–Crippen LogP) is 5.18. The number of halogens is 2. The average Bonchev–Trinajstić information content (AvgIpc) is 3.14. The number of amides is 1. The van der Waals surface area contributed by atoms with Gasteiger partial charge in [-0.2, -0.15) is 8.78 Å². The van der Waals surface area contributed by atoms with E-state index in [-0.39, 0.29) is 23.3 Å². The quantitative estimate of drug-likeness (QED) is 0.647. The van der Waals surface area contributed by atoms with Crippen molar-refractivity contribution in [2.45, 2.75) is 19.6 Å². The molecular weight excluding hydrogens is 356 g/mol. The molecular formula is C20H17F2NO2S. The summed E-state index contributed by atoms with van der Waals surface area (Å²) in [5.74, 6) is -0.403. The monoisotopic (exact) mass is 373 g/mol. The summed E-state index contributed by atoms with van der Waals surface area (Å²) in [6, 6.07) is 17.2. The Morgan fingerprint density at radius 3 is 2.50 bits per heavy atom. The van der Waals surface area contributed by atoms with Crippen LogP contribution in [0.15, 0.2) is 66.0 Å². The molecule has 1 atom stereocenters. The van der Waals surface area contributed by atoms with Crippen LogP contribution in [0.1, 0.15) is 32.4 Å². The second-order valence-corrected chi connectivity index (χ2v) is 6.72. The molecule has 26 heavy (non-hydrogen) atoms. The van der Waals surface area contributed by atoms with Crippen molar-refractivity contribution in [3.8, 4) is 5.75 Å². The second kappa shape index (κ2) is 8.10. The first-order chi connectivity index (χ1) is 12.5. The number of alkyl halides is 2. The number of carbonyl (C=O) groups is 1. The lowest BCUT2D eigenvalue weighted by Crippen LogP contribution is -2.28. The molecule has 6 heteroatoms. The fourth-order valence-electron chi connectivity index (χ4n) is 2.56. The van der Waals surface area contributed by atoms with Gasteiger partial charge in [0.2, 0.25) is 0 Å². The van der Waals surface area contributed by atoms with Gasteiger partial charge in [-0.1, -0.05) is 42.0 Å². The number of rotatable bonds is 6. The first-order valence-corrected chi connectivity index (χ1v) is 8.86. The topological polar surface area (TPSA) is 38.3 Å². The van der Waals surface area contributed by atoms with Gasteiger partial charge in [-0.25, -0.2) is 0 Å². The van der Waals surface area contributed by atoms with Gasteiger partial charge in [-0.3, -0.25) is 4.79 Å². The molecule has 2 aromatic carbocycles. The van der Waals surface area contributed by atoms with E-state index in [2.05, 4.69) is 10.1 Å². The third kappa shape index (κ3) is 4.46. The van der Waals surface area contributed by atoms with E-state index in [1.54, 1.807) is 17.4 Å². The highest BCUT2D eigenvalue weighted by Gasteiger charge is 2.19. The van der Waals surface area contributed by atoms with Gasteiger partial charge in [-0.15, -0.1) is 11.3 Å². The molecule has 0 spiro atoms. The van der Waals surface area contributed by atoms with Crippen LogP contribution in [-0.2, 0) is 0 Å². The number of ether oxygens (including phenoxy) is 1. The second-order valence-electron chi connectivity index (χ2n) is 5.74. The van der Waals surface area contributed by atoms with E-state index in [1.807, 2.05) is 48.7 Å². The number of nitrogens with one attached hydrogen (secondary N) is 1. The minimum Gasteiger partial charge on any atom is -0.435 e. The summed E-state index contributed by atoms with van der Waals surface area (Å²) in [6.45, 7) is -0.934. The molecule has 3 rings (SSSR count). The Kier molecular flexibility index (Phi) is 5.63. The van der Waals surface area contributed by atoms with Crippen LogP contribution in [0.5, 0.6) is 5.75 Å². The van der Waals surface area contributed by atoms with Crippen LogP contribution in [0.4, 0.5) is 8.78 Å². The van der Waals surface area contributed by atoms with Gasteiger partial charge in [0.05, 0.1) is 6.04 Å². The molecule has 0 aliphatic heterocycles. The molecule has 1 N–H and O–H groups in total. The fraction of sp³-hybridized carbons (Fsp3) is 0.150. The highest BCUT2D eigenvalue weighted by Crippen LogP contribution is 2.27. The first-order valence-electron chi connectivity index (χ1n) is 7.98. The molecule has 0 aliphatic rings. The van der Waals surface area contributed by atoms with Crippen molar-refractivity contribution in [1.82, 2.24) is 5.32 Å². The normalized spacial score (nSPS) is 12.0. The van der Waals surface area contributed by atoms with Crippen LogP contribution in [0, 0.1) is 6.92 Å². The van der Waals surface area contributed by atoms with Crippen molar-refractivity contribution in [3.05, 3.63) is 87.6 Å². The number of thiophene rings is 1. The van der Waals surface area contributed by atoms with Crippen LogP contribution in [-0.4, -0.2) is 12.5 Å². The molecule has 3 aromatic rings. The van der Waals surface area contributed by atoms with Gasteiger partial charge in [0.1, 0.15) is 5.75 Å². The zero-order valence-electron chi connectivity index (χ0n) is 14.0. The van der Waals surface area contributed by atoms with Gasteiger partial charge < -0.3 is 10.1 Å². The molecule has 134 valence electrons. The fourth-order valence-corrected chi connectivity index (χ4v) is 3.36. The summed E-state index contributed by atoms with van der Waals surface area (Å²) in [4.78, 5) is 13.7. The van der Waals surface area contributed by atoms with Crippen molar-refractivity contribution in [3.63, 3.8) is 0 Å². The molecule has 1 aromatic heterocycles. The summed E-state index contributed by atoms with van der Waals surface area (Å²) in [5, 5.41) is 4.92. The maximum atomic E-state index is 12.7. The lowest BCUT2D eigenvalue weighted by molar-refractivity contribution is -0.0498. The Bertz CT molecular complexity index is 864. The Hall–Kier alpha value is -2.73. The SMILES string of the molecule is Cc1ccc([C@H](NC(=O)c2cccc(OC(F)F)c2)c2cccs2)cc1. The van der Waals surface area contributed by atoms with Crippen LogP contribution >= 0.6 is 11.3 Å². The maximum Gasteiger partial charge on any atom is 0.387 e. The molecule has 0 bridgehead atoms. The van der Waals surface area contributed by atoms with Gasteiger partial charge in [0.25, 0.3) is 5.91 Å². The Labute approximate surface area is 154 Å². The van der Waals surface area contributed by atoms with E-state index >= 15 is 0 Å². The molecule has 1 heterocycles. The molecule has 0 saturated carbocycles. The van der Waals surface area contributed by atoms with Gasteiger partial charge >= 0.3 is 6.61 Å². The number of hydrogen-bond acceptors (Lipinski definition) is 3. The summed E-state index contributed by atoms with van der Waals surface area (Å²) in [6.07, 6.45) is 0. The molecule has 3 nitrogen and oxygen atoms in total. The molecule has 0 aliphatic carbocycles. The van der Waals surface area contributed by atoms with E-state index in [0.29, 0.717) is 0 Å². The minimum atomic E-state index is -2.93. The average molecular weight is 373 g/mol. The van der Waals surface area contributed by atoms with Crippen molar-refractivity contribution in [1.29, 1.82) is 0 Å². The first kappa shape index (κ1) is 18.1. The Morgan fingerprint density at radius 2 is 1.85 bits per heavy atom. The third-order valence-electron chi connectivity index (χ3n) is 3.84. The third-order valence-corrected chi connectivity index (χ3v) is 4.77. The van der Waals surface area contributed by atoms with E-state index in [0.717, 1.165) is 16.0 Å². The molecule has 0 unspecified atom stereocenters. The summed E-state index contributed by atoms with van der Waals surface area (Å²) in [7, 11) is 0. The molecule has 0 radical (unpaired) electrons. The zero-order valence-corrected chi connectivity index (χ0v) is 14.8. The van der Waals surface area contributed by atoms with Gasteiger partial charge in [-0.05, 0) is 42.1 Å². The van der Waals surface area contributed by atoms with E-state index in [1.165, 1.54) is 18.2 Å². The summed E-state index contributed by atoms with van der Waals surface area (Å²) in [5.41, 5.74) is 2.34. The lowest BCUT2D eigenvalue weighted by Gasteiger charge is -2.18. The molecule has 0 fully saturated rings. The van der Waals surface area contributed by atoms with E-state index in [4.69, 9.17) is 0 Å². The lowest BCUT2D eigenvalue weighted by atomic mass is 10.0. The highest BCUT2D eigenvalue weighted by molar-refractivity contribution is 7.10. The summed E-state index contributed by atoms with van der Waals surface area (Å²) < 4.78 is 29.1. The smallest absolute Gasteiger partial charge is 0.387 e. The maximum absolute atomic E-state index is 12.7. The van der Waals surface area contributed by atoms with Crippen molar-refractivity contribution >= 4 is 17.2 Å². The van der Waals surface area contributed by atoms with Crippen LogP contribution in [0.3, 0.4) is 0 Å². The number of aryl methyl sites for hydroxylation is 1. The largest absolute Gasteiger partial charge is 0.435 e. The Balaban J connectivity index is 1.85. The van der Waals surface area contributed by atoms with Crippen LogP contribution < -0.4 is 10.1 Å². The summed E-state index contributed by atoms with van der Waals surface area (Å²) >= 11 is 1.54. The van der Waals surface area contributed by atoms with E-state index in [9.17, 15) is 13.6 Å². The van der Waals surface area contributed by atoms with Crippen molar-refractivity contribution in [2.24, 2.45) is 0 Å². The van der Waals surface area contributed by atoms with Gasteiger partial charge in [0, 0.05) is 10.4 Å². The Morgan fingerprint density at radius 1 is 1.08 bits per heavy atom. The minimum absolute atomic E-state index is 0.0457. The van der Waals surface area contributed by atoms with Crippen molar-refractivity contribution in [2.75, 3.05) is 0 Å². The zero-order chi connectivity index (χ0) is 18.5. The molecule has 1 amide bonds. The molecule has 0 saturated heterocycles. The number of carbonyl (C=O) groups excluding carboxylic acids is 1. The van der Waals surface area contributed by atoms with Crippen molar-refractivity contribution < 1.29 is 18.3 Å².